The molecule has 0 saturated carbocycles. The lowest BCUT2D eigenvalue weighted by molar-refractivity contribution is -0.127. The molecule has 1 aromatic carbocycles. The largest absolute Gasteiger partial charge is 0.490 e. The lowest BCUT2D eigenvalue weighted by Crippen LogP contribution is -2.44. The first-order valence-corrected chi connectivity index (χ1v) is 9.89. The monoisotopic (exact) mass is 398 g/mol. The lowest BCUT2D eigenvalue weighted by atomic mass is 9.90. The average molecular weight is 399 g/mol. The molecule has 1 heterocycles. The minimum atomic E-state index is -0.0393. The van der Waals surface area contributed by atoms with Gasteiger partial charge in [0.15, 0.2) is 11.5 Å². The van der Waals surface area contributed by atoms with Crippen LogP contribution in [-0.4, -0.2) is 31.7 Å². The molecule has 2 rings (SSSR count). The molecule has 0 bridgehead atoms. The van der Waals surface area contributed by atoms with E-state index in [1.165, 1.54) is 0 Å². The van der Waals surface area contributed by atoms with Crippen LogP contribution in [0.1, 0.15) is 59.1 Å². The van der Waals surface area contributed by atoms with Crippen LogP contribution in [0.15, 0.2) is 18.2 Å². The van der Waals surface area contributed by atoms with E-state index < -0.39 is 0 Å². The zero-order valence-electron chi connectivity index (χ0n) is 17.2. The smallest absolute Gasteiger partial charge is 0.223 e. The van der Waals surface area contributed by atoms with Crippen LogP contribution in [0.4, 0.5) is 0 Å². The van der Waals surface area contributed by atoms with E-state index in [-0.39, 0.29) is 36.2 Å². The van der Waals surface area contributed by atoms with Gasteiger partial charge in [0, 0.05) is 12.0 Å². The summed E-state index contributed by atoms with van der Waals surface area (Å²) in [7, 11) is 0. The standard InChI is InChI=1S/C21H34N2O3.ClH/c1-6-25-18-9-8-16(13-19(18)26-7-2)20(14(3)4)23-21(24)17-10-11-22-15(5)12-17;/h8-9,13-15,17,20,22H,6-7,10-12H2,1-5H3,(H,23,24);1H/t15-,17-,20?;/m0./s1. The second kappa shape index (κ2) is 11.4. The maximum absolute atomic E-state index is 12.8. The van der Waals surface area contributed by atoms with Crippen molar-refractivity contribution < 1.29 is 14.3 Å². The molecule has 3 atom stereocenters. The molecular weight excluding hydrogens is 364 g/mol. The third-order valence-electron chi connectivity index (χ3n) is 4.89. The summed E-state index contributed by atoms with van der Waals surface area (Å²) < 4.78 is 11.4. The summed E-state index contributed by atoms with van der Waals surface area (Å²) in [5, 5.41) is 6.68. The van der Waals surface area contributed by atoms with E-state index in [0.29, 0.717) is 19.3 Å². The third kappa shape index (κ3) is 6.58. The van der Waals surface area contributed by atoms with E-state index >= 15 is 0 Å². The number of halogens is 1. The number of ether oxygens (including phenoxy) is 2. The maximum Gasteiger partial charge on any atom is 0.223 e. The zero-order chi connectivity index (χ0) is 19.1. The van der Waals surface area contributed by atoms with Gasteiger partial charge in [-0.1, -0.05) is 19.9 Å². The van der Waals surface area contributed by atoms with Crippen molar-refractivity contribution in [2.75, 3.05) is 19.8 Å². The van der Waals surface area contributed by atoms with Crippen molar-refractivity contribution in [2.45, 2.75) is 59.5 Å². The number of nitrogens with one attached hydrogen (secondary N) is 2. The molecule has 1 aromatic rings. The molecule has 0 spiro atoms. The van der Waals surface area contributed by atoms with Gasteiger partial charge in [0.05, 0.1) is 19.3 Å². The van der Waals surface area contributed by atoms with Gasteiger partial charge in [-0.05, 0) is 63.8 Å². The van der Waals surface area contributed by atoms with Gasteiger partial charge >= 0.3 is 0 Å². The molecule has 0 aromatic heterocycles. The summed E-state index contributed by atoms with van der Waals surface area (Å²) in [5.74, 6) is 2.01. The maximum atomic E-state index is 12.8. The van der Waals surface area contributed by atoms with Crippen molar-refractivity contribution in [2.24, 2.45) is 11.8 Å². The predicted octanol–water partition coefficient (Wildman–Crippen LogP) is 4.11. The predicted molar refractivity (Wildman–Crippen MR) is 112 cm³/mol. The van der Waals surface area contributed by atoms with Crippen molar-refractivity contribution in [3.8, 4) is 11.5 Å². The van der Waals surface area contributed by atoms with Crippen LogP contribution in [-0.2, 0) is 4.79 Å². The molecule has 1 aliphatic heterocycles. The van der Waals surface area contributed by atoms with Crippen LogP contribution in [0.25, 0.3) is 0 Å². The number of hydrogen-bond acceptors (Lipinski definition) is 4. The summed E-state index contributed by atoms with van der Waals surface area (Å²) in [6.45, 7) is 12.4. The van der Waals surface area contributed by atoms with Crippen LogP contribution >= 0.6 is 12.4 Å². The molecule has 1 amide bonds. The quantitative estimate of drug-likeness (QED) is 0.691. The fourth-order valence-electron chi connectivity index (χ4n) is 3.54. The van der Waals surface area contributed by atoms with Crippen LogP contribution < -0.4 is 20.1 Å². The Morgan fingerprint density at radius 1 is 1.22 bits per heavy atom. The topological polar surface area (TPSA) is 59.6 Å². The second-order valence-corrected chi connectivity index (χ2v) is 7.38. The Morgan fingerprint density at radius 3 is 2.48 bits per heavy atom. The minimum absolute atomic E-state index is 0. The number of carbonyl (C=O) groups excluding carboxylic acids is 1. The van der Waals surface area contributed by atoms with E-state index in [4.69, 9.17) is 9.47 Å². The van der Waals surface area contributed by atoms with Crippen molar-refractivity contribution in [1.29, 1.82) is 0 Å². The summed E-state index contributed by atoms with van der Waals surface area (Å²) in [6, 6.07) is 6.33. The number of hydrogen-bond donors (Lipinski definition) is 2. The molecule has 1 aliphatic rings. The van der Waals surface area contributed by atoms with Crippen molar-refractivity contribution in [1.82, 2.24) is 10.6 Å². The van der Waals surface area contributed by atoms with Crippen molar-refractivity contribution in [3.05, 3.63) is 23.8 Å². The summed E-state index contributed by atoms with van der Waals surface area (Å²) in [6.07, 6.45) is 1.79. The molecule has 1 fully saturated rings. The van der Waals surface area contributed by atoms with Gasteiger partial charge in [-0.2, -0.15) is 0 Å². The molecule has 5 nitrogen and oxygen atoms in total. The molecule has 1 saturated heterocycles. The van der Waals surface area contributed by atoms with Gasteiger partial charge in [0.1, 0.15) is 0 Å². The first kappa shape index (κ1) is 23.6. The van der Waals surface area contributed by atoms with E-state index in [1.54, 1.807) is 0 Å². The average Bonchev–Trinajstić information content (AvgIpc) is 2.61. The fraction of sp³-hybridized carbons (Fsp3) is 0.667. The fourth-order valence-corrected chi connectivity index (χ4v) is 3.54. The van der Waals surface area contributed by atoms with Crippen LogP contribution in [0.3, 0.4) is 0 Å². The Morgan fingerprint density at radius 2 is 1.89 bits per heavy atom. The van der Waals surface area contributed by atoms with Gasteiger partial charge < -0.3 is 20.1 Å². The van der Waals surface area contributed by atoms with E-state index in [0.717, 1.165) is 36.4 Å². The summed E-state index contributed by atoms with van der Waals surface area (Å²) in [5.41, 5.74) is 1.06. The van der Waals surface area contributed by atoms with Gasteiger partial charge in [-0.25, -0.2) is 0 Å². The Labute approximate surface area is 170 Å². The number of carbonyl (C=O) groups is 1. The number of amides is 1. The second-order valence-electron chi connectivity index (χ2n) is 7.38. The number of benzene rings is 1. The Balaban J connectivity index is 0.00000364. The number of piperidine rings is 1. The molecule has 154 valence electrons. The molecule has 27 heavy (non-hydrogen) atoms. The lowest BCUT2D eigenvalue weighted by Gasteiger charge is -2.30. The van der Waals surface area contributed by atoms with Crippen molar-refractivity contribution >= 4 is 18.3 Å². The molecule has 0 aliphatic carbocycles. The first-order valence-electron chi connectivity index (χ1n) is 9.89. The van der Waals surface area contributed by atoms with Crippen molar-refractivity contribution in [3.63, 3.8) is 0 Å². The third-order valence-corrected chi connectivity index (χ3v) is 4.89. The number of rotatable bonds is 8. The Hall–Kier alpha value is -1.46. The SMILES string of the molecule is CCOc1ccc(C(NC(=O)[C@H]2CCN[C@@H](C)C2)C(C)C)cc1OCC.Cl. The molecule has 1 unspecified atom stereocenters. The molecule has 2 N–H and O–H groups in total. The normalized spacial score (nSPS) is 20.5. The van der Waals surface area contributed by atoms with Crippen LogP contribution in [0, 0.1) is 11.8 Å². The van der Waals surface area contributed by atoms with Gasteiger partial charge in [-0.3, -0.25) is 4.79 Å². The van der Waals surface area contributed by atoms with E-state index in [2.05, 4.69) is 31.4 Å². The molecular formula is C21H35ClN2O3. The first-order chi connectivity index (χ1) is 12.5. The van der Waals surface area contributed by atoms with Gasteiger partial charge in [-0.15, -0.1) is 12.4 Å². The Bertz CT molecular complexity index is 595. The highest BCUT2D eigenvalue weighted by atomic mass is 35.5. The molecule has 0 radical (unpaired) electrons. The highest BCUT2D eigenvalue weighted by Crippen LogP contribution is 2.33. The highest BCUT2D eigenvalue weighted by Gasteiger charge is 2.28. The Kier molecular flexibility index (Phi) is 9.95. The zero-order valence-corrected chi connectivity index (χ0v) is 18.0. The van der Waals surface area contributed by atoms with Gasteiger partial charge in [0.25, 0.3) is 0 Å². The molecule has 6 heteroatoms. The van der Waals surface area contributed by atoms with E-state index in [9.17, 15) is 4.79 Å². The van der Waals surface area contributed by atoms with Crippen LogP contribution in [0.5, 0.6) is 11.5 Å². The van der Waals surface area contributed by atoms with E-state index in [1.807, 2.05) is 32.0 Å². The van der Waals surface area contributed by atoms with Gasteiger partial charge in [0.2, 0.25) is 5.91 Å². The minimum Gasteiger partial charge on any atom is -0.490 e. The summed E-state index contributed by atoms with van der Waals surface area (Å²) in [4.78, 5) is 12.8. The van der Waals surface area contributed by atoms with Crippen LogP contribution in [0.2, 0.25) is 0 Å². The highest BCUT2D eigenvalue weighted by molar-refractivity contribution is 5.85. The summed E-state index contributed by atoms with van der Waals surface area (Å²) >= 11 is 0.